The number of benzene rings is 2. The third-order valence-corrected chi connectivity index (χ3v) is 5.42. The highest BCUT2D eigenvalue weighted by molar-refractivity contribution is 7.20. The predicted octanol–water partition coefficient (Wildman–Crippen LogP) is 3.82. The fourth-order valence-electron chi connectivity index (χ4n) is 2.95. The highest BCUT2D eigenvalue weighted by Crippen LogP contribution is 2.35. The third-order valence-electron chi connectivity index (χ3n) is 4.32. The van der Waals surface area contributed by atoms with Crippen LogP contribution in [0.25, 0.3) is 21.3 Å². The van der Waals surface area contributed by atoms with Crippen molar-refractivity contribution in [2.45, 2.75) is 0 Å². The monoisotopic (exact) mass is 389 g/mol. The van der Waals surface area contributed by atoms with Crippen LogP contribution < -0.4 is 11.1 Å². The second-order valence-electron chi connectivity index (χ2n) is 6.11. The van der Waals surface area contributed by atoms with E-state index in [1.807, 2.05) is 42.5 Å². The first kappa shape index (κ1) is 17.7. The van der Waals surface area contributed by atoms with Crippen LogP contribution in [0.3, 0.4) is 0 Å². The molecule has 4 rings (SSSR count). The summed E-state index contributed by atoms with van der Waals surface area (Å²) in [6, 6.07) is 18.2. The molecule has 0 unspecified atom stereocenters. The van der Waals surface area contributed by atoms with Crippen molar-refractivity contribution in [1.29, 1.82) is 0 Å². The average Bonchev–Trinajstić information content (AvgIpc) is 3.32. The van der Waals surface area contributed by atoms with E-state index in [1.165, 1.54) is 17.5 Å². The molecule has 6 nitrogen and oxygen atoms in total. The maximum atomic E-state index is 12.6. The smallest absolute Gasteiger partial charge is 0.297 e. The molecular weight excluding hydrogens is 374 g/mol. The number of amides is 2. The summed E-state index contributed by atoms with van der Waals surface area (Å²) >= 11 is 1.19. The zero-order valence-corrected chi connectivity index (χ0v) is 15.4. The number of nitrogens with one attached hydrogen (secondary N) is 2. The van der Waals surface area contributed by atoms with Crippen molar-refractivity contribution in [3.63, 3.8) is 0 Å². The molecule has 7 heteroatoms. The Balaban J connectivity index is 1.64. The standard InChI is InChI=1S/C21H15N3O3S/c22-19(26)14-10-17(12-6-2-1-3-7-12)28-21(14)24-20(27)18(25)15-11-23-16-9-5-4-8-13(15)16/h1-11,23H,(H2,22,26)(H,24,27). The number of fused-ring (bicyclic) bond motifs is 1. The Morgan fingerprint density at radius 2 is 1.64 bits per heavy atom. The molecule has 0 fully saturated rings. The minimum absolute atomic E-state index is 0.170. The quantitative estimate of drug-likeness (QED) is 0.357. The number of ketones is 1. The van der Waals surface area contributed by atoms with Crippen LogP contribution >= 0.6 is 11.3 Å². The summed E-state index contributed by atoms with van der Waals surface area (Å²) in [5, 5.41) is 3.47. The molecule has 2 aromatic carbocycles. The van der Waals surface area contributed by atoms with E-state index >= 15 is 0 Å². The van der Waals surface area contributed by atoms with Gasteiger partial charge in [-0.2, -0.15) is 0 Å². The van der Waals surface area contributed by atoms with Gasteiger partial charge in [0.25, 0.3) is 17.6 Å². The number of carbonyl (C=O) groups excluding carboxylic acids is 3. The maximum Gasteiger partial charge on any atom is 0.297 e. The Hall–Kier alpha value is -3.71. The van der Waals surface area contributed by atoms with Gasteiger partial charge in [0, 0.05) is 22.0 Å². The molecule has 0 atom stereocenters. The molecule has 4 N–H and O–H groups in total. The molecule has 28 heavy (non-hydrogen) atoms. The van der Waals surface area contributed by atoms with Crippen molar-refractivity contribution >= 4 is 44.8 Å². The van der Waals surface area contributed by atoms with Crippen molar-refractivity contribution < 1.29 is 14.4 Å². The molecule has 2 heterocycles. The van der Waals surface area contributed by atoms with Crippen LogP contribution in [0.15, 0.2) is 66.9 Å². The zero-order chi connectivity index (χ0) is 19.7. The van der Waals surface area contributed by atoms with E-state index in [-0.39, 0.29) is 16.1 Å². The largest absolute Gasteiger partial charge is 0.366 e. The van der Waals surface area contributed by atoms with Crippen LogP contribution in [0.4, 0.5) is 5.00 Å². The van der Waals surface area contributed by atoms with Gasteiger partial charge < -0.3 is 16.0 Å². The van der Waals surface area contributed by atoms with Crippen molar-refractivity contribution in [2.24, 2.45) is 5.73 Å². The molecule has 4 aromatic rings. The van der Waals surface area contributed by atoms with E-state index in [1.54, 1.807) is 18.2 Å². The lowest BCUT2D eigenvalue weighted by Gasteiger charge is -2.03. The van der Waals surface area contributed by atoms with Crippen LogP contribution in [0, 0.1) is 0 Å². The van der Waals surface area contributed by atoms with E-state index in [2.05, 4.69) is 10.3 Å². The number of carbonyl (C=O) groups is 3. The first-order chi connectivity index (χ1) is 13.5. The first-order valence-corrected chi connectivity index (χ1v) is 9.27. The summed E-state index contributed by atoms with van der Waals surface area (Å²) in [5.41, 5.74) is 7.55. The van der Waals surface area contributed by atoms with Gasteiger partial charge in [-0.15, -0.1) is 11.3 Å². The van der Waals surface area contributed by atoms with E-state index in [0.717, 1.165) is 16.0 Å². The lowest BCUT2D eigenvalue weighted by molar-refractivity contribution is -0.112. The van der Waals surface area contributed by atoms with Gasteiger partial charge in [-0.3, -0.25) is 14.4 Å². The van der Waals surface area contributed by atoms with Crippen molar-refractivity contribution in [1.82, 2.24) is 4.98 Å². The molecule has 0 bridgehead atoms. The van der Waals surface area contributed by atoms with Gasteiger partial charge in [0.1, 0.15) is 5.00 Å². The Bertz CT molecular complexity index is 1210. The molecule has 0 aliphatic heterocycles. The molecule has 138 valence electrons. The molecule has 0 saturated heterocycles. The summed E-state index contributed by atoms with van der Waals surface area (Å²) in [6.45, 7) is 0. The number of para-hydroxylation sites is 1. The van der Waals surface area contributed by atoms with Gasteiger partial charge in [-0.05, 0) is 17.7 Å². The molecule has 0 spiro atoms. The summed E-state index contributed by atoms with van der Waals surface area (Å²) < 4.78 is 0. The maximum absolute atomic E-state index is 12.6. The van der Waals surface area contributed by atoms with E-state index < -0.39 is 17.6 Å². The number of thiophene rings is 1. The molecule has 0 aliphatic rings. The SMILES string of the molecule is NC(=O)c1cc(-c2ccccc2)sc1NC(=O)C(=O)c1c[nH]c2ccccc12. The van der Waals surface area contributed by atoms with Gasteiger partial charge in [0.2, 0.25) is 0 Å². The Morgan fingerprint density at radius 3 is 2.39 bits per heavy atom. The lowest BCUT2D eigenvalue weighted by Crippen LogP contribution is -2.23. The van der Waals surface area contributed by atoms with Crippen molar-refractivity contribution in [3.8, 4) is 10.4 Å². The second kappa shape index (κ2) is 7.13. The Morgan fingerprint density at radius 1 is 0.929 bits per heavy atom. The topological polar surface area (TPSA) is 105 Å². The number of Topliss-reactive ketones (excluding diaryl/α,β-unsaturated/α-hetero) is 1. The Kier molecular flexibility index (Phi) is 4.50. The van der Waals surface area contributed by atoms with Gasteiger partial charge >= 0.3 is 0 Å². The number of hydrogen-bond donors (Lipinski definition) is 3. The number of primary amides is 1. The number of nitrogens with two attached hydrogens (primary N) is 1. The summed E-state index contributed by atoms with van der Waals surface area (Å²) in [7, 11) is 0. The third kappa shape index (κ3) is 3.19. The number of H-pyrrole nitrogens is 1. The lowest BCUT2D eigenvalue weighted by atomic mass is 10.1. The zero-order valence-electron chi connectivity index (χ0n) is 14.6. The highest BCUT2D eigenvalue weighted by atomic mass is 32.1. The van der Waals surface area contributed by atoms with Crippen molar-refractivity contribution in [2.75, 3.05) is 5.32 Å². The Labute approximate surface area is 164 Å². The van der Waals surface area contributed by atoms with Crippen LogP contribution in [0.2, 0.25) is 0 Å². The van der Waals surface area contributed by atoms with Crippen LogP contribution in [-0.2, 0) is 4.79 Å². The van der Waals surface area contributed by atoms with Gasteiger partial charge in [-0.1, -0.05) is 48.5 Å². The minimum atomic E-state index is -0.825. The van der Waals surface area contributed by atoms with E-state index in [9.17, 15) is 14.4 Å². The average molecular weight is 389 g/mol. The minimum Gasteiger partial charge on any atom is -0.366 e. The number of rotatable bonds is 5. The van der Waals surface area contributed by atoms with E-state index in [4.69, 9.17) is 5.73 Å². The fraction of sp³-hybridized carbons (Fsp3) is 0. The van der Waals surface area contributed by atoms with Gasteiger partial charge in [-0.25, -0.2) is 0 Å². The number of aromatic amines is 1. The molecule has 0 aliphatic carbocycles. The second-order valence-corrected chi connectivity index (χ2v) is 7.17. The van der Waals surface area contributed by atoms with Gasteiger partial charge in [0.15, 0.2) is 0 Å². The molecule has 2 aromatic heterocycles. The van der Waals surface area contributed by atoms with E-state index in [0.29, 0.717) is 5.39 Å². The normalized spacial score (nSPS) is 10.7. The van der Waals surface area contributed by atoms with Crippen LogP contribution in [-0.4, -0.2) is 22.6 Å². The summed E-state index contributed by atoms with van der Waals surface area (Å²) in [5.74, 6) is -2.19. The molecular formula is C21H15N3O3S. The van der Waals surface area contributed by atoms with Crippen LogP contribution in [0.1, 0.15) is 20.7 Å². The number of aromatic nitrogens is 1. The number of anilines is 1. The molecule has 0 saturated carbocycles. The van der Waals surface area contributed by atoms with Gasteiger partial charge in [0.05, 0.1) is 11.1 Å². The molecule has 0 radical (unpaired) electrons. The molecule has 2 amide bonds. The predicted molar refractivity (Wildman–Crippen MR) is 110 cm³/mol. The summed E-state index contributed by atoms with van der Waals surface area (Å²) in [6.07, 6.45) is 1.51. The highest BCUT2D eigenvalue weighted by Gasteiger charge is 2.23. The first-order valence-electron chi connectivity index (χ1n) is 8.45. The summed E-state index contributed by atoms with van der Waals surface area (Å²) in [4.78, 5) is 40.7. The number of hydrogen-bond acceptors (Lipinski definition) is 4. The van der Waals surface area contributed by atoms with Crippen LogP contribution in [0.5, 0.6) is 0 Å². The van der Waals surface area contributed by atoms with Crippen molar-refractivity contribution in [3.05, 3.63) is 78.0 Å². The fourth-order valence-corrected chi connectivity index (χ4v) is 4.02.